The van der Waals surface area contributed by atoms with E-state index < -0.39 is 0 Å². The minimum absolute atomic E-state index is 0.116. The Hall–Kier alpha value is -3.15. The lowest BCUT2D eigenvalue weighted by Crippen LogP contribution is -2.35. The van der Waals surface area contributed by atoms with Crippen molar-refractivity contribution in [3.8, 4) is 5.75 Å². The maximum absolute atomic E-state index is 12.3. The number of aromatic nitrogens is 2. The smallest absolute Gasteiger partial charge is 0.275 e. The molecule has 0 unspecified atom stereocenters. The number of carbonyl (C=O) groups is 1. The second kappa shape index (κ2) is 7.41. The average Bonchev–Trinajstić information content (AvgIpc) is 2.62. The lowest BCUT2D eigenvalue weighted by Gasteiger charge is -2.08. The van der Waals surface area contributed by atoms with E-state index in [-0.39, 0.29) is 18.0 Å². The molecular formula is C18H17N3O3. The number of carbonyl (C=O) groups excluding carboxylic acids is 1. The molecule has 24 heavy (non-hydrogen) atoms. The third kappa shape index (κ3) is 3.78. The van der Waals surface area contributed by atoms with Gasteiger partial charge in [-0.2, -0.15) is 5.10 Å². The van der Waals surface area contributed by atoms with Gasteiger partial charge in [-0.25, -0.2) is 4.68 Å². The molecule has 1 aromatic heterocycles. The van der Waals surface area contributed by atoms with Crippen LogP contribution in [-0.4, -0.2) is 28.8 Å². The van der Waals surface area contributed by atoms with Crippen molar-refractivity contribution in [2.45, 2.75) is 6.54 Å². The molecule has 6 nitrogen and oxygen atoms in total. The van der Waals surface area contributed by atoms with Gasteiger partial charge in [0, 0.05) is 5.39 Å². The van der Waals surface area contributed by atoms with Crippen LogP contribution in [0, 0.1) is 0 Å². The summed E-state index contributed by atoms with van der Waals surface area (Å²) in [5.41, 5.74) is -0.274. The topological polar surface area (TPSA) is 73.2 Å². The summed E-state index contributed by atoms with van der Waals surface area (Å²) in [7, 11) is 0. The van der Waals surface area contributed by atoms with Gasteiger partial charge >= 0.3 is 0 Å². The van der Waals surface area contributed by atoms with Crippen LogP contribution in [-0.2, 0) is 11.3 Å². The van der Waals surface area contributed by atoms with E-state index in [9.17, 15) is 9.59 Å². The van der Waals surface area contributed by atoms with Crippen molar-refractivity contribution in [1.29, 1.82) is 0 Å². The van der Waals surface area contributed by atoms with E-state index in [2.05, 4.69) is 10.4 Å². The summed E-state index contributed by atoms with van der Waals surface area (Å²) in [5.74, 6) is 0.468. The van der Waals surface area contributed by atoms with Crippen LogP contribution in [0.25, 0.3) is 10.8 Å². The molecule has 1 amide bonds. The van der Waals surface area contributed by atoms with Gasteiger partial charge in [-0.3, -0.25) is 9.59 Å². The standard InChI is InChI=1S/C18H17N3O3/c22-17(19-10-11-24-15-7-2-1-3-8-15)13-21-18(23)16-9-5-4-6-14(16)12-20-21/h1-9,12H,10-11,13H2,(H,19,22). The third-order valence-corrected chi connectivity index (χ3v) is 3.49. The molecule has 0 radical (unpaired) electrons. The van der Waals surface area contributed by atoms with Crippen LogP contribution in [0.5, 0.6) is 5.75 Å². The summed E-state index contributed by atoms with van der Waals surface area (Å²) < 4.78 is 6.65. The van der Waals surface area contributed by atoms with Gasteiger partial charge in [0.2, 0.25) is 5.91 Å². The Morgan fingerprint density at radius 1 is 1.08 bits per heavy atom. The van der Waals surface area contributed by atoms with E-state index in [1.165, 1.54) is 0 Å². The maximum Gasteiger partial charge on any atom is 0.275 e. The molecule has 0 aliphatic carbocycles. The zero-order valence-corrected chi connectivity index (χ0v) is 13.0. The second-order valence-corrected chi connectivity index (χ2v) is 5.21. The van der Waals surface area contributed by atoms with Crippen molar-refractivity contribution < 1.29 is 9.53 Å². The van der Waals surface area contributed by atoms with Gasteiger partial charge in [-0.1, -0.05) is 36.4 Å². The van der Waals surface area contributed by atoms with Crippen LogP contribution in [0.15, 0.2) is 65.6 Å². The molecule has 0 atom stereocenters. The minimum Gasteiger partial charge on any atom is -0.492 e. The Balaban J connectivity index is 1.53. The normalized spacial score (nSPS) is 10.5. The zero-order valence-electron chi connectivity index (χ0n) is 13.0. The molecule has 0 saturated carbocycles. The Labute approximate surface area is 138 Å². The highest BCUT2D eigenvalue weighted by Gasteiger charge is 2.07. The van der Waals surface area contributed by atoms with Crippen molar-refractivity contribution in [1.82, 2.24) is 15.1 Å². The molecule has 0 aliphatic rings. The van der Waals surface area contributed by atoms with Gasteiger partial charge in [0.25, 0.3) is 5.56 Å². The Kier molecular flexibility index (Phi) is 4.86. The molecule has 1 N–H and O–H groups in total. The van der Waals surface area contributed by atoms with Gasteiger partial charge in [-0.05, 0) is 18.2 Å². The fourth-order valence-corrected chi connectivity index (χ4v) is 2.31. The summed E-state index contributed by atoms with van der Waals surface area (Å²) in [4.78, 5) is 24.2. The molecule has 3 aromatic rings. The van der Waals surface area contributed by atoms with E-state index in [1.807, 2.05) is 42.5 Å². The van der Waals surface area contributed by atoms with Crippen molar-refractivity contribution in [3.63, 3.8) is 0 Å². The largest absolute Gasteiger partial charge is 0.492 e. The highest BCUT2D eigenvalue weighted by Crippen LogP contribution is 2.07. The highest BCUT2D eigenvalue weighted by molar-refractivity contribution is 5.81. The predicted octanol–water partition coefficient (Wildman–Crippen LogP) is 1.59. The molecular weight excluding hydrogens is 306 g/mol. The molecule has 3 rings (SSSR count). The number of benzene rings is 2. The van der Waals surface area contributed by atoms with Crippen LogP contribution in [0.3, 0.4) is 0 Å². The number of fused-ring (bicyclic) bond motifs is 1. The summed E-state index contributed by atoms with van der Waals surface area (Å²) in [5, 5.41) is 8.06. The predicted molar refractivity (Wildman–Crippen MR) is 90.9 cm³/mol. The quantitative estimate of drug-likeness (QED) is 0.699. The van der Waals surface area contributed by atoms with E-state index in [1.54, 1.807) is 18.3 Å². The first kappa shape index (κ1) is 15.7. The van der Waals surface area contributed by atoms with Gasteiger partial charge in [0.1, 0.15) is 18.9 Å². The Morgan fingerprint density at radius 3 is 2.67 bits per heavy atom. The first-order valence-electron chi connectivity index (χ1n) is 7.63. The van der Waals surface area contributed by atoms with Crippen LogP contribution in [0.1, 0.15) is 0 Å². The summed E-state index contributed by atoms with van der Waals surface area (Å²) in [6.45, 7) is 0.598. The van der Waals surface area contributed by atoms with Crippen LogP contribution >= 0.6 is 0 Å². The lowest BCUT2D eigenvalue weighted by molar-refractivity contribution is -0.122. The van der Waals surface area contributed by atoms with Crippen molar-refractivity contribution >= 4 is 16.7 Å². The zero-order chi connectivity index (χ0) is 16.8. The first-order valence-corrected chi connectivity index (χ1v) is 7.63. The van der Waals surface area contributed by atoms with Gasteiger partial charge in [0.05, 0.1) is 18.1 Å². The van der Waals surface area contributed by atoms with Crippen molar-refractivity contribution in [2.75, 3.05) is 13.2 Å². The molecule has 0 saturated heterocycles. The molecule has 122 valence electrons. The first-order chi connectivity index (χ1) is 11.7. The molecule has 0 bridgehead atoms. The maximum atomic E-state index is 12.3. The molecule has 0 spiro atoms. The number of amides is 1. The fraction of sp³-hybridized carbons (Fsp3) is 0.167. The number of nitrogens with one attached hydrogen (secondary N) is 1. The number of ether oxygens (including phenoxy) is 1. The highest BCUT2D eigenvalue weighted by atomic mass is 16.5. The number of nitrogens with zero attached hydrogens (tertiary/aromatic N) is 2. The SMILES string of the molecule is O=C(Cn1ncc2ccccc2c1=O)NCCOc1ccccc1. The minimum atomic E-state index is -0.281. The van der Waals surface area contributed by atoms with Gasteiger partial charge < -0.3 is 10.1 Å². The molecule has 0 fully saturated rings. The Bertz CT molecular complexity index is 891. The van der Waals surface area contributed by atoms with Gasteiger partial charge in [-0.15, -0.1) is 0 Å². The van der Waals surface area contributed by atoms with Crippen LogP contribution < -0.4 is 15.6 Å². The van der Waals surface area contributed by atoms with E-state index in [0.717, 1.165) is 15.8 Å². The van der Waals surface area contributed by atoms with Crippen molar-refractivity contribution in [2.24, 2.45) is 0 Å². The fourth-order valence-electron chi connectivity index (χ4n) is 2.31. The number of para-hydroxylation sites is 1. The van der Waals surface area contributed by atoms with Crippen LogP contribution in [0.4, 0.5) is 0 Å². The average molecular weight is 323 g/mol. The van der Waals surface area contributed by atoms with E-state index >= 15 is 0 Å². The van der Waals surface area contributed by atoms with E-state index in [0.29, 0.717) is 18.5 Å². The third-order valence-electron chi connectivity index (χ3n) is 3.49. The summed E-state index contributed by atoms with van der Waals surface area (Å²) >= 11 is 0. The monoisotopic (exact) mass is 323 g/mol. The second-order valence-electron chi connectivity index (χ2n) is 5.21. The molecule has 1 heterocycles. The number of hydrogen-bond acceptors (Lipinski definition) is 4. The van der Waals surface area contributed by atoms with Crippen LogP contribution in [0.2, 0.25) is 0 Å². The number of rotatable bonds is 6. The molecule has 6 heteroatoms. The lowest BCUT2D eigenvalue weighted by atomic mass is 10.2. The van der Waals surface area contributed by atoms with E-state index in [4.69, 9.17) is 4.74 Å². The summed E-state index contributed by atoms with van der Waals surface area (Å²) in [6.07, 6.45) is 1.59. The summed E-state index contributed by atoms with van der Waals surface area (Å²) in [6, 6.07) is 16.5. The molecule has 2 aromatic carbocycles. The number of hydrogen-bond donors (Lipinski definition) is 1. The van der Waals surface area contributed by atoms with Gasteiger partial charge in [0.15, 0.2) is 0 Å². The molecule has 0 aliphatic heterocycles. The Morgan fingerprint density at radius 2 is 1.83 bits per heavy atom. The van der Waals surface area contributed by atoms with Crippen molar-refractivity contribution in [3.05, 3.63) is 71.1 Å².